The second-order valence-electron chi connectivity index (χ2n) is 8.12. The van der Waals surface area contributed by atoms with E-state index < -0.39 is 17.6 Å². The van der Waals surface area contributed by atoms with E-state index in [4.69, 9.17) is 16.3 Å². The lowest BCUT2D eigenvalue weighted by molar-refractivity contribution is -0.137. The molecule has 1 aliphatic heterocycles. The fraction of sp³-hybridized carbons (Fsp3) is 0.318. The minimum Gasteiger partial charge on any atom is -0.484 e. The number of ether oxygens (including phenoxy) is 1. The van der Waals surface area contributed by atoms with Gasteiger partial charge in [0.05, 0.1) is 27.0 Å². The Morgan fingerprint density at radius 1 is 1.17 bits per heavy atom. The van der Waals surface area contributed by atoms with Gasteiger partial charge in [0.1, 0.15) is 18.8 Å². The van der Waals surface area contributed by atoms with Crippen LogP contribution in [0.25, 0.3) is 5.69 Å². The van der Waals surface area contributed by atoms with Crippen molar-refractivity contribution in [2.75, 3.05) is 18.0 Å². The van der Waals surface area contributed by atoms with E-state index in [1.807, 2.05) is 10.3 Å². The van der Waals surface area contributed by atoms with Gasteiger partial charge in [-0.2, -0.15) is 13.2 Å². The number of pyridine rings is 1. The molecule has 1 aliphatic rings. The summed E-state index contributed by atoms with van der Waals surface area (Å²) in [5, 5.41) is 13.6. The third-order valence-electron chi connectivity index (χ3n) is 5.77. The predicted octanol–water partition coefficient (Wildman–Crippen LogP) is 5.29. The third kappa shape index (κ3) is 5.26. The molecule has 0 N–H and O–H groups in total. The molecule has 0 unspecified atom stereocenters. The fourth-order valence-electron chi connectivity index (χ4n) is 3.91. The van der Waals surface area contributed by atoms with Crippen molar-refractivity contribution in [3.8, 4) is 11.4 Å². The number of rotatable bonds is 6. The van der Waals surface area contributed by atoms with Gasteiger partial charge in [-0.1, -0.05) is 11.6 Å². The summed E-state index contributed by atoms with van der Waals surface area (Å²) < 4.78 is 60.0. The van der Waals surface area contributed by atoms with Crippen molar-refractivity contribution in [3.63, 3.8) is 0 Å². The first-order chi connectivity index (χ1) is 17.3. The number of benzene rings is 1. The number of anilines is 1. The molecule has 5 rings (SSSR count). The van der Waals surface area contributed by atoms with Crippen LogP contribution in [0.5, 0.6) is 5.75 Å². The summed E-state index contributed by atoms with van der Waals surface area (Å²) in [4.78, 5) is 10.5. The molecule has 1 fully saturated rings. The number of alkyl halides is 3. The zero-order chi connectivity index (χ0) is 25.3. The van der Waals surface area contributed by atoms with Gasteiger partial charge in [0.25, 0.3) is 0 Å². The lowest BCUT2D eigenvalue weighted by Crippen LogP contribution is -2.33. The number of thiazole rings is 1. The average Bonchev–Trinajstić information content (AvgIpc) is 3.56. The van der Waals surface area contributed by atoms with Crippen LogP contribution in [-0.2, 0) is 12.8 Å². The van der Waals surface area contributed by atoms with E-state index in [0.717, 1.165) is 30.1 Å². The van der Waals surface area contributed by atoms with Gasteiger partial charge in [-0.25, -0.2) is 19.0 Å². The Bertz CT molecular complexity index is 1340. The highest BCUT2D eigenvalue weighted by Crippen LogP contribution is 2.36. The maximum atomic E-state index is 14.4. The first-order valence-corrected chi connectivity index (χ1v) is 12.1. The summed E-state index contributed by atoms with van der Waals surface area (Å²) in [5.41, 5.74) is 0.292. The van der Waals surface area contributed by atoms with Gasteiger partial charge in [0.15, 0.2) is 11.6 Å². The van der Waals surface area contributed by atoms with E-state index in [2.05, 4.69) is 25.5 Å². The van der Waals surface area contributed by atoms with Crippen LogP contribution in [0.2, 0.25) is 5.02 Å². The molecule has 0 radical (unpaired) electrons. The molecule has 3 aromatic heterocycles. The number of nitrogens with zero attached hydrogens (tertiary/aromatic N) is 7. The predicted molar refractivity (Wildman–Crippen MR) is 124 cm³/mol. The molecule has 0 bridgehead atoms. The van der Waals surface area contributed by atoms with Crippen molar-refractivity contribution < 1.29 is 22.3 Å². The maximum absolute atomic E-state index is 14.4. The molecule has 0 aliphatic carbocycles. The summed E-state index contributed by atoms with van der Waals surface area (Å²) >= 11 is 7.60. The molecule has 14 heteroatoms. The second-order valence-corrected chi connectivity index (χ2v) is 9.42. The summed E-state index contributed by atoms with van der Waals surface area (Å²) in [6, 6.07) is 5.34. The largest absolute Gasteiger partial charge is 0.484 e. The Labute approximate surface area is 211 Å². The highest BCUT2D eigenvalue weighted by atomic mass is 35.5. The zero-order valence-corrected chi connectivity index (χ0v) is 20.1. The molecule has 0 saturated carbocycles. The van der Waals surface area contributed by atoms with Crippen LogP contribution >= 0.6 is 22.9 Å². The minimum atomic E-state index is -4.49. The molecular formula is C22H18ClF4N7OS. The number of piperidine rings is 1. The Hall–Kier alpha value is -3.32. The van der Waals surface area contributed by atoms with E-state index in [1.165, 1.54) is 34.5 Å². The highest BCUT2D eigenvalue weighted by molar-refractivity contribution is 7.09. The molecule has 0 amide bonds. The van der Waals surface area contributed by atoms with Crippen molar-refractivity contribution >= 4 is 28.8 Å². The monoisotopic (exact) mass is 539 g/mol. The SMILES string of the molecule is Fc1cc(-n2cnnn2)ccc1OCc1csc(C2CCN(c3ncc(C(F)(F)F)cc3Cl)CC2)n1. The molecule has 1 aromatic carbocycles. The van der Waals surface area contributed by atoms with E-state index in [1.54, 1.807) is 6.07 Å². The number of halogens is 5. The standard InChI is InChI=1S/C22H18ClF4N7OS/c23-17-7-14(22(25,26)27)9-28-20(17)33-5-3-13(4-6-33)21-30-15(11-36-21)10-35-19-2-1-16(8-18(19)24)34-12-29-31-32-34/h1-2,7-9,11-13H,3-6,10H2. The van der Waals surface area contributed by atoms with Crippen LogP contribution in [0.15, 0.2) is 42.2 Å². The molecule has 36 heavy (non-hydrogen) atoms. The summed E-state index contributed by atoms with van der Waals surface area (Å²) in [7, 11) is 0. The third-order valence-corrected chi connectivity index (χ3v) is 7.10. The van der Waals surface area contributed by atoms with Crippen molar-refractivity contribution in [2.24, 2.45) is 0 Å². The van der Waals surface area contributed by atoms with Gasteiger partial charge in [-0.15, -0.1) is 16.4 Å². The quantitative estimate of drug-likeness (QED) is 0.308. The minimum absolute atomic E-state index is 0.0184. The maximum Gasteiger partial charge on any atom is 0.417 e. The van der Waals surface area contributed by atoms with E-state index in [0.29, 0.717) is 30.3 Å². The Kier molecular flexibility index (Phi) is 6.75. The smallest absolute Gasteiger partial charge is 0.417 e. The van der Waals surface area contributed by atoms with Gasteiger partial charge in [-0.05, 0) is 41.5 Å². The Morgan fingerprint density at radius 2 is 1.97 bits per heavy atom. The number of hydrogen-bond donors (Lipinski definition) is 0. The summed E-state index contributed by atoms with van der Waals surface area (Å²) in [5.74, 6) is 0.0990. The zero-order valence-electron chi connectivity index (χ0n) is 18.5. The van der Waals surface area contributed by atoms with Crippen molar-refractivity contribution in [2.45, 2.75) is 31.5 Å². The van der Waals surface area contributed by atoms with Crippen LogP contribution < -0.4 is 9.64 Å². The van der Waals surface area contributed by atoms with Crippen LogP contribution in [0.4, 0.5) is 23.4 Å². The summed E-state index contributed by atoms with van der Waals surface area (Å²) in [6.07, 6.45) is -0.812. The van der Waals surface area contributed by atoms with Crippen LogP contribution in [0, 0.1) is 5.82 Å². The molecule has 0 atom stereocenters. The lowest BCUT2D eigenvalue weighted by Gasteiger charge is -2.32. The highest BCUT2D eigenvalue weighted by Gasteiger charge is 2.32. The van der Waals surface area contributed by atoms with E-state index in [-0.39, 0.29) is 23.3 Å². The summed E-state index contributed by atoms with van der Waals surface area (Å²) in [6.45, 7) is 1.29. The normalized spacial score (nSPS) is 14.9. The van der Waals surface area contributed by atoms with Gasteiger partial charge >= 0.3 is 6.18 Å². The van der Waals surface area contributed by atoms with Crippen molar-refractivity contribution in [1.29, 1.82) is 0 Å². The van der Waals surface area contributed by atoms with Crippen molar-refractivity contribution in [3.05, 3.63) is 69.3 Å². The van der Waals surface area contributed by atoms with E-state index >= 15 is 0 Å². The van der Waals surface area contributed by atoms with Crippen LogP contribution in [-0.4, -0.2) is 43.3 Å². The molecule has 1 saturated heterocycles. The average molecular weight is 540 g/mol. The molecule has 188 valence electrons. The molecule has 4 aromatic rings. The molecule has 4 heterocycles. The van der Waals surface area contributed by atoms with Crippen molar-refractivity contribution in [1.82, 2.24) is 30.2 Å². The number of hydrogen-bond acceptors (Lipinski definition) is 8. The van der Waals surface area contributed by atoms with Crippen LogP contribution in [0.1, 0.15) is 35.0 Å². The first kappa shape index (κ1) is 24.4. The van der Waals surface area contributed by atoms with E-state index in [9.17, 15) is 17.6 Å². The van der Waals surface area contributed by atoms with Gasteiger partial charge in [0.2, 0.25) is 0 Å². The van der Waals surface area contributed by atoms with Gasteiger partial charge < -0.3 is 9.64 Å². The molecular weight excluding hydrogens is 522 g/mol. The van der Waals surface area contributed by atoms with Gasteiger partial charge in [0, 0.05) is 36.7 Å². The Morgan fingerprint density at radius 3 is 2.64 bits per heavy atom. The van der Waals surface area contributed by atoms with Crippen LogP contribution in [0.3, 0.4) is 0 Å². The Balaban J connectivity index is 1.17. The molecule has 0 spiro atoms. The fourth-order valence-corrected chi connectivity index (χ4v) is 5.18. The van der Waals surface area contributed by atoms with Gasteiger partial charge in [-0.3, -0.25) is 0 Å². The topological polar surface area (TPSA) is 81.9 Å². The lowest BCUT2D eigenvalue weighted by atomic mass is 9.97. The second kappa shape index (κ2) is 9.97. The molecule has 8 nitrogen and oxygen atoms in total. The number of aromatic nitrogens is 6. The number of tetrazole rings is 1. The first-order valence-electron chi connectivity index (χ1n) is 10.9.